The van der Waals surface area contributed by atoms with Gasteiger partial charge in [0, 0.05) is 19.8 Å². The van der Waals surface area contributed by atoms with Crippen LogP contribution in [0.25, 0.3) is 0 Å². The predicted octanol–water partition coefficient (Wildman–Crippen LogP) is 0.507. The Labute approximate surface area is 89.7 Å². The zero-order valence-electron chi connectivity index (χ0n) is 9.21. The molecule has 0 bridgehead atoms. The topological polar surface area (TPSA) is 46.1 Å². The van der Waals surface area contributed by atoms with Gasteiger partial charge in [-0.2, -0.15) is 0 Å². The van der Waals surface area contributed by atoms with E-state index in [2.05, 4.69) is 17.6 Å². The molecule has 0 radical (unpaired) electrons. The van der Waals surface area contributed by atoms with E-state index in [9.17, 15) is 4.79 Å². The highest BCUT2D eigenvalue weighted by molar-refractivity contribution is 5.93. The van der Waals surface area contributed by atoms with Gasteiger partial charge in [-0.05, 0) is 32.0 Å². The van der Waals surface area contributed by atoms with Crippen molar-refractivity contribution < 1.29 is 4.79 Å². The number of hydrogen-bond acceptors (Lipinski definition) is 2. The van der Waals surface area contributed by atoms with Crippen LogP contribution >= 0.6 is 0 Å². The molecule has 1 aliphatic heterocycles. The summed E-state index contributed by atoms with van der Waals surface area (Å²) in [5.74, 6) is 0.00806. The van der Waals surface area contributed by atoms with Crippen LogP contribution in [0.2, 0.25) is 0 Å². The number of amides is 1. The third-order valence-corrected chi connectivity index (χ3v) is 2.96. The molecule has 1 unspecified atom stereocenters. The fourth-order valence-electron chi connectivity index (χ4n) is 1.96. The molecule has 1 amide bonds. The molecule has 82 valence electrons. The Morgan fingerprint density at radius 2 is 2.47 bits per heavy atom. The van der Waals surface area contributed by atoms with Gasteiger partial charge in [0.05, 0.1) is 5.54 Å². The number of aryl methyl sites for hydroxylation is 1. The summed E-state index contributed by atoms with van der Waals surface area (Å²) in [7, 11) is 1.88. The Balaban J connectivity index is 2.07. The quantitative estimate of drug-likeness (QED) is 0.742. The van der Waals surface area contributed by atoms with Crippen LogP contribution in [-0.2, 0) is 7.05 Å². The van der Waals surface area contributed by atoms with Gasteiger partial charge in [0.15, 0.2) is 0 Å². The monoisotopic (exact) mass is 207 g/mol. The highest BCUT2D eigenvalue weighted by Crippen LogP contribution is 2.14. The van der Waals surface area contributed by atoms with Gasteiger partial charge in [0.1, 0.15) is 5.69 Å². The lowest BCUT2D eigenvalue weighted by atomic mass is 10.0. The number of nitrogens with one attached hydrogen (secondary N) is 2. The minimum atomic E-state index is -0.0959. The van der Waals surface area contributed by atoms with E-state index in [1.807, 2.05) is 29.9 Å². The second-order valence-corrected chi connectivity index (χ2v) is 4.45. The second kappa shape index (κ2) is 3.70. The molecule has 1 aromatic heterocycles. The van der Waals surface area contributed by atoms with Crippen molar-refractivity contribution in [3.05, 3.63) is 24.0 Å². The summed E-state index contributed by atoms with van der Waals surface area (Å²) in [5.41, 5.74) is 0.615. The Morgan fingerprint density at radius 3 is 3.00 bits per heavy atom. The molecule has 2 heterocycles. The Morgan fingerprint density at radius 1 is 1.67 bits per heavy atom. The van der Waals surface area contributed by atoms with Crippen LogP contribution in [0.15, 0.2) is 18.3 Å². The highest BCUT2D eigenvalue weighted by atomic mass is 16.2. The average Bonchev–Trinajstić information content (AvgIpc) is 2.74. The van der Waals surface area contributed by atoms with E-state index in [1.54, 1.807) is 0 Å². The van der Waals surface area contributed by atoms with Crippen molar-refractivity contribution in [3.63, 3.8) is 0 Å². The van der Waals surface area contributed by atoms with Crippen LogP contribution < -0.4 is 10.6 Å². The SMILES string of the molecule is Cn1cccc1C(=O)NC1(C)CCNC1. The van der Waals surface area contributed by atoms with E-state index < -0.39 is 0 Å². The number of aromatic nitrogens is 1. The summed E-state index contributed by atoms with van der Waals surface area (Å²) in [5, 5.41) is 6.33. The summed E-state index contributed by atoms with van der Waals surface area (Å²) in [6.07, 6.45) is 2.87. The molecule has 1 saturated heterocycles. The Kier molecular flexibility index (Phi) is 2.52. The minimum absolute atomic E-state index is 0.00806. The first-order chi connectivity index (χ1) is 7.11. The van der Waals surface area contributed by atoms with Crippen molar-refractivity contribution in [2.45, 2.75) is 18.9 Å². The molecule has 2 rings (SSSR count). The molecule has 1 aliphatic rings. The van der Waals surface area contributed by atoms with Gasteiger partial charge in [-0.25, -0.2) is 0 Å². The molecular formula is C11H17N3O. The Bertz CT molecular complexity index is 364. The molecule has 0 aromatic carbocycles. The molecule has 0 aliphatic carbocycles. The van der Waals surface area contributed by atoms with Crippen molar-refractivity contribution in [2.24, 2.45) is 7.05 Å². The highest BCUT2D eigenvalue weighted by Gasteiger charge is 2.30. The zero-order chi connectivity index (χ0) is 10.9. The lowest BCUT2D eigenvalue weighted by Crippen LogP contribution is -2.47. The summed E-state index contributed by atoms with van der Waals surface area (Å²) in [4.78, 5) is 11.9. The van der Waals surface area contributed by atoms with Crippen molar-refractivity contribution in [1.29, 1.82) is 0 Å². The van der Waals surface area contributed by atoms with Crippen LogP contribution in [0, 0.1) is 0 Å². The number of rotatable bonds is 2. The molecule has 2 N–H and O–H groups in total. The molecule has 1 aromatic rings. The fourth-order valence-corrected chi connectivity index (χ4v) is 1.96. The maximum Gasteiger partial charge on any atom is 0.268 e. The van der Waals surface area contributed by atoms with Crippen LogP contribution in [0.3, 0.4) is 0 Å². The average molecular weight is 207 g/mol. The molecule has 15 heavy (non-hydrogen) atoms. The molecule has 4 heteroatoms. The van der Waals surface area contributed by atoms with Crippen LogP contribution in [-0.4, -0.2) is 29.1 Å². The van der Waals surface area contributed by atoms with E-state index in [0.29, 0.717) is 5.69 Å². The molecule has 0 spiro atoms. The van der Waals surface area contributed by atoms with E-state index in [-0.39, 0.29) is 11.4 Å². The number of hydrogen-bond donors (Lipinski definition) is 2. The fraction of sp³-hybridized carbons (Fsp3) is 0.545. The first kappa shape index (κ1) is 10.2. The van der Waals surface area contributed by atoms with Gasteiger partial charge < -0.3 is 15.2 Å². The lowest BCUT2D eigenvalue weighted by Gasteiger charge is -2.24. The molecule has 1 atom stereocenters. The van der Waals surface area contributed by atoms with E-state index in [1.165, 1.54) is 0 Å². The van der Waals surface area contributed by atoms with Gasteiger partial charge in [-0.3, -0.25) is 4.79 Å². The van der Waals surface area contributed by atoms with Gasteiger partial charge in [-0.15, -0.1) is 0 Å². The summed E-state index contributed by atoms with van der Waals surface area (Å²) in [6, 6.07) is 3.71. The molecular weight excluding hydrogens is 190 g/mol. The zero-order valence-corrected chi connectivity index (χ0v) is 9.21. The predicted molar refractivity (Wildman–Crippen MR) is 58.8 cm³/mol. The van der Waals surface area contributed by atoms with E-state index >= 15 is 0 Å². The van der Waals surface area contributed by atoms with Gasteiger partial charge in [-0.1, -0.05) is 0 Å². The summed E-state index contributed by atoms with van der Waals surface area (Å²) in [6.45, 7) is 3.90. The molecule has 1 fully saturated rings. The van der Waals surface area contributed by atoms with Gasteiger partial charge >= 0.3 is 0 Å². The normalized spacial score (nSPS) is 25.5. The van der Waals surface area contributed by atoms with Crippen molar-refractivity contribution in [1.82, 2.24) is 15.2 Å². The van der Waals surface area contributed by atoms with Crippen LogP contribution in [0.5, 0.6) is 0 Å². The van der Waals surface area contributed by atoms with Gasteiger partial charge in [0.2, 0.25) is 0 Å². The standard InChI is InChI=1S/C11H17N3O/c1-11(5-6-12-8-11)13-10(15)9-4-3-7-14(9)2/h3-4,7,12H,5-6,8H2,1-2H3,(H,13,15). The second-order valence-electron chi connectivity index (χ2n) is 4.45. The van der Waals surface area contributed by atoms with Crippen molar-refractivity contribution in [2.75, 3.05) is 13.1 Å². The molecule has 0 saturated carbocycles. The maximum atomic E-state index is 11.9. The minimum Gasteiger partial charge on any atom is -0.347 e. The van der Waals surface area contributed by atoms with Gasteiger partial charge in [0.25, 0.3) is 5.91 Å². The maximum absolute atomic E-state index is 11.9. The molecule has 4 nitrogen and oxygen atoms in total. The third kappa shape index (κ3) is 2.04. The lowest BCUT2D eigenvalue weighted by molar-refractivity contribution is 0.0905. The third-order valence-electron chi connectivity index (χ3n) is 2.96. The summed E-state index contributed by atoms with van der Waals surface area (Å²) < 4.78 is 1.83. The largest absolute Gasteiger partial charge is 0.347 e. The Hall–Kier alpha value is -1.29. The number of carbonyl (C=O) groups is 1. The number of carbonyl (C=O) groups excluding carboxylic acids is 1. The number of nitrogens with zero attached hydrogens (tertiary/aromatic N) is 1. The van der Waals surface area contributed by atoms with E-state index in [0.717, 1.165) is 19.5 Å². The smallest absolute Gasteiger partial charge is 0.268 e. The first-order valence-corrected chi connectivity index (χ1v) is 5.25. The van der Waals surface area contributed by atoms with Crippen molar-refractivity contribution >= 4 is 5.91 Å². The van der Waals surface area contributed by atoms with E-state index in [4.69, 9.17) is 0 Å². The van der Waals surface area contributed by atoms with Crippen LogP contribution in [0.4, 0.5) is 0 Å². The van der Waals surface area contributed by atoms with Crippen molar-refractivity contribution in [3.8, 4) is 0 Å². The summed E-state index contributed by atoms with van der Waals surface area (Å²) >= 11 is 0. The first-order valence-electron chi connectivity index (χ1n) is 5.25. The van der Waals surface area contributed by atoms with Crippen LogP contribution in [0.1, 0.15) is 23.8 Å².